The molecule has 5 N–H and O–H groups in total. The highest BCUT2D eigenvalue weighted by atomic mass is 16.4. The van der Waals surface area contributed by atoms with Gasteiger partial charge in [0.05, 0.1) is 13.2 Å². The molecule has 0 atom stereocenters. The van der Waals surface area contributed by atoms with E-state index in [1.165, 1.54) is 0 Å². The molecule has 0 heterocycles. The zero-order valence-electron chi connectivity index (χ0n) is 10.2. The zero-order valence-corrected chi connectivity index (χ0v) is 10.2. The van der Waals surface area contributed by atoms with E-state index in [4.69, 9.17) is 21.2 Å². The average Bonchev–Trinajstić information content (AvgIpc) is 2.39. The lowest BCUT2D eigenvalue weighted by atomic mass is 10.1. The van der Waals surface area contributed by atoms with E-state index in [1.807, 2.05) is 17.0 Å². The molecule has 0 fully saturated rings. The standard InChI is InChI=1S/C12H19N3O3/c13-12(14-18)11-4-2-1-3-10(11)9-15(5-7-16)6-8-17/h1-4,16-18H,5-9H2,(H2,13,14). The van der Waals surface area contributed by atoms with Crippen LogP contribution in [0, 0.1) is 0 Å². The lowest BCUT2D eigenvalue weighted by Crippen LogP contribution is -2.30. The maximum atomic E-state index is 8.95. The van der Waals surface area contributed by atoms with E-state index >= 15 is 0 Å². The minimum absolute atomic E-state index is 0.0196. The maximum Gasteiger partial charge on any atom is 0.170 e. The first kappa shape index (κ1) is 14.4. The summed E-state index contributed by atoms with van der Waals surface area (Å²) < 4.78 is 0. The van der Waals surface area contributed by atoms with Crippen LogP contribution < -0.4 is 5.73 Å². The average molecular weight is 253 g/mol. The molecule has 0 aliphatic heterocycles. The van der Waals surface area contributed by atoms with Gasteiger partial charge < -0.3 is 21.2 Å². The molecule has 1 aromatic rings. The van der Waals surface area contributed by atoms with Crippen molar-refractivity contribution in [2.75, 3.05) is 26.3 Å². The van der Waals surface area contributed by atoms with E-state index in [2.05, 4.69) is 5.16 Å². The van der Waals surface area contributed by atoms with Gasteiger partial charge >= 0.3 is 0 Å². The molecule has 1 rings (SSSR count). The van der Waals surface area contributed by atoms with Crippen molar-refractivity contribution in [1.82, 2.24) is 4.90 Å². The number of rotatable bonds is 7. The monoisotopic (exact) mass is 253 g/mol. The number of hydrogen-bond donors (Lipinski definition) is 4. The van der Waals surface area contributed by atoms with Crippen molar-refractivity contribution in [2.45, 2.75) is 6.54 Å². The highest BCUT2D eigenvalue weighted by Crippen LogP contribution is 2.11. The molecule has 18 heavy (non-hydrogen) atoms. The fraction of sp³-hybridized carbons (Fsp3) is 0.417. The van der Waals surface area contributed by atoms with Crippen LogP contribution in [0.25, 0.3) is 0 Å². The third-order valence-electron chi connectivity index (χ3n) is 2.63. The van der Waals surface area contributed by atoms with Gasteiger partial charge in [-0.05, 0) is 5.56 Å². The normalized spacial score (nSPS) is 12.1. The van der Waals surface area contributed by atoms with E-state index in [0.29, 0.717) is 25.2 Å². The Kier molecular flexibility index (Phi) is 6.13. The quantitative estimate of drug-likeness (QED) is 0.228. The van der Waals surface area contributed by atoms with Crippen LogP contribution in [0.15, 0.2) is 29.4 Å². The summed E-state index contributed by atoms with van der Waals surface area (Å²) in [4.78, 5) is 1.89. The highest BCUT2D eigenvalue weighted by Gasteiger charge is 2.10. The van der Waals surface area contributed by atoms with Crippen molar-refractivity contribution in [1.29, 1.82) is 0 Å². The van der Waals surface area contributed by atoms with E-state index < -0.39 is 0 Å². The first-order valence-corrected chi connectivity index (χ1v) is 5.72. The molecule has 0 radical (unpaired) electrons. The van der Waals surface area contributed by atoms with Crippen LogP contribution in [-0.2, 0) is 6.54 Å². The maximum absolute atomic E-state index is 8.95. The summed E-state index contributed by atoms with van der Waals surface area (Å²) in [6.45, 7) is 1.49. The molecule has 0 bridgehead atoms. The number of nitrogens with zero attached hydrogens (tertiary/aromatic N) is 2. The van der Waals surface area contributed by atoms with Crippen molar-refractivity contribution in [2.24, 2.45) is 10.9 Å². The molecule has 0 amide bonds. The molecule has 0 spiro atoms. The SMILES string of the molecule is NC(=NO)c1ccccc1CN(CCO)CCO. The smallest absolute Gasteiger partial charge is 0.170 e. The second-order valence-corrected chi connectivity index (χ2v) is 3.87. The van der Waals surface area contributed by atoms with Crippen LogP contribution in [0.2, 0.25) is 0 Å². The molecule has 0 aliphatic rings. The second kappa shape index (κ2) is 7.65. The summed E-state index contributed by atoms with van der Waals surface area (Å²) in [5, 5.41) is 29.6. The van der Waals surface area contributed by atoms with Crippen LogP contribution in [0.5, 0.6) is 0 Å². The van der Waals surface area contributed by atoms with E-state index in [9.17, 15) is 0 Å². The minimum atomic E-state index is 0.0196. The number of amidine groups is 1. The molecule has 6 nitrogen and oxygen atoms in total. The van der Waals surface area contributed by atoms with Gasteiger partial charge in [0.15, 0.2) is 5.84 Å². The Labute approximate surface area is 106 Å². The number of aliphatic hydroxyl groups excluding tert-OH is 2. The van der Waals surface area contributed by atoms with Crippen LogP contribution in [0.4, 0.5) is 0 Å². The molecule has 100 valence electrons. The van der Waals surface area contributed by atoms with Gasteiger partial charge in [-0.15, -0.1) is 0 Å². The molecule has 6 heteroatoms. The topological polar surface area (TPSA) is 102 Å². The van der Waals surface area contributed by atoms with Gasteiger partial charge in [0.1, 0.15) is 0 Å². The van der Waals surface area contributed by atoms with Crippen LogP contribution >= 0.6 is 0 Å². The Morgan fingerprint density at radius 1 is 1.17 bits per heavy atom. The van der Waals surface area contributed by atoms with E-state index in [-0.39, 0.29) is 19.0 Å². The third kappa shape index (κ3) is 3.99. The Morgan fingerprint density at radius 2 is 1.78 bits per heavy atom. The van der Waals surface area contributed by atoms with Crippen LogP contribution in [0.3, 0.4) is 0 Å². The van der Waals surface area contributed by atoms with Gasteiger partial charge in [-0.25, -0.2) is 0 Å². The number of nitrogens with two attached hydrogens (primary N) is 1. The fourth-order valence-corrected chi connectivity index (χ4v) is 1.76. The first-order valence-electron chi connectivity index (χ1n) is 5.72. The van der Waals surface area contributed by atoms with Gasteiger partial charge in [0.25, 0.3) is 0 Å². The Hall–Kier alpha value is -1.63. The van der Waals surface area contributed by atoms with Crippen molar-refractivity contribution in [3.63, 3.8) is 0 Å². The van der Waals surface area contributed by atoms with Crippen molar-refractivity contribution >= 4 is 5.84 Å². The molecule has 0 aliphatic carbocycles. The summed E-state index contributed by atoms with van der Waals surface area (Å²) in [5.41, 5.74) is 7.14. The number of benzene rings is 1. The van der Waals surface area contributed by atoms with E-state index in [1.54, 1.807) is 12.1 Å². The fourth-order valence-electron chi connectivity index (χ4n) is 1.76. The summed E-state index contributed by atoms with van der Waals surface area (Å²) in [6, 6.07) is 7.30. The number of aliphatic hydroxyl groups is 2. The molecule has 0 aromatic heterocycles. The predicted octanol–water partition coefficient (Wildman–Crippen LogP) is -0.432. The van der Waals surface area contributed by atoms with Gasteiger partial charge in [0.2, 0.25) is 0 Å². The lowest BCUT2D eigenvalue weighted by molar-refractivity contribution is 0.156. The predicted molar refractivity (Wildman–Crippen MR) is 68.4 cm³/mol. The van der Waals surface area contributed by atoms with Crippen molar-refractivity contribution in [3.8, 4) is 0 Å². The van der Waals surface area contributed by atoms with E-state index in [0.717, 1.165) is 5.56 Å². The molecule has 1 aromatic carbocycles. The van der Waals surface area contributed by atoms with Crippen molar-refractivity contribution < 1.29 is 15.4 Å². The Morgan fingerprint density at radius 3 is 2.33 bits per heavy atom. The summed E-state index contributed by atoms with van der Waals surface area (Å²) in [5.74, 6) is 0.0542. The largest absolute Gasteiger partial charge is 0.409 e. The lowest BCUT2D eigenvalue weighted by Gasteiger charge is -2.21. The Bertz CT molecular complexity index is 390. The van der Waals surface area contributed by atoms with Gasteiger partial charge in [-0.3, -0.25) is 4.90 Å². The molecule has 0 unspecified atom stereocenters. The molecular formula is C12H19N3O3. The minimum Gasteiger partial charge on any atom is -0.409 e. The summed E-state index contributed by atoms with van der Waals surface area (Å²) >= 11 is 0. The summed E-state index contributed by atoms with van der Waals surface area (Å²) in [6.07, 6.45) is 0. The van der Waals surface area contributed by atoms with Crippen LogP contribution in [0.1, 0.15) is 11.1 Å². The third-order valence-corrected chi connectivity index (χ3v) is 2.63. The Balaban J connectivity index is 2.88. The van der Waals surface area contributed by atoms with Gasteiger partial charge in [-0.2, -0.15) is 0 Å². The van der Waals surface area contributed by atoms with Gasteiger partial charge in [-0.1, -0.05) is 29.4 Å². The number of oxime groups is 1. The number of hydrogen-bond acceptors (Lipinski definition) is 5. The first-order chi connectivity index (χ1) is 8.72. The molecule has 0 saturated heterocycles. The second-order valence-electron chi connectivity index (χ2n) is 3.87. The van der Waals surface area contributed by atoms with Gasteiger partial charge in [0, 0.05) is 25.2 Å². The van der Waals surface area contributed by atoms with Crippen LogP contribution in [-0.4, -0.2) is 52.5 Å². The molecular weight excluding hydrogens is 234 g/mol. The highest BCUT2D eigenvalue weighted by molar-refractivity contribution is 5.98. The van der Waals surface area contributed by atoms with Crippen molar-refractivity contribution in [3.05, 3.63) is 35.4 Å². The summed E-state index contributed by atoms with van der Waals surface area (Å²) in [7, 11) is 0. The molecule has 0 saturated carbocycles. The zero-order chi connectivity index (χ0) is 13.4.